The van der Waals surface area contributed by atoms with Gasteiger partial charge in [0.05, 0.1) is 18.7 Å². The molecule has 0 aliphatic carbocycles. The quantitative estimate of drug-likeness (QED) is 0.672. The topological polar surface area (TPSA) is 64.3 Å². The van der Waals surface area contributed by atoms with Gasteiger partial charge in [-0.3, -0.25) is 4.79 Å². The predicted octanol–water partition coefficient (Wildman–Crippen LogP) is 2.71. The monoisotopic (exact) mass is 262 g/mol. The second kappa shape index (κ2) is 8.19. The Morgan fingerprint density at radius 2 is 2.26 bits per heavy atom. The first-order chi connectivity index (χ1) is 9.13. The Kier molecular flexibility index (Phi) is 6.50. The van der Waals surface area contributed by atoms with Crippen LogP contribution >= 0.6 is 0 Å². The standard InChI is InChI=1S/C15H22N2O2/c1-3-4-7-12(2)17-13-8-5-6-9-14(13)19-11-10-15(16)18/h3,5-6,8-9,12,17H,1,4,7,10-11H2,2H3,(H2,16,18). The highest BCUT2D eigenvalue weighted by Crippen LogP contribution is 2.25. The fourth-order valence-corrected chi connectivity index (χ4v) is 1.68. The van der Waals surface area contributed by atoms with Crippen molar-refractivity contribution in [3.05, 3.63) is 36.9 Å². The third kappa shape index (κ3) is 5.95. The Morgan fingerprint density at radius 1 is 1.53 bits per heavy atom. The zero-order chi connectivity index (χ0) is 14.1. The lowest BCUT2D eigenvalue weighted by Crippen LogP contribution is -2.17. The third-order valence-electron chi connectivity index (χ3n) is 2.70. The van der Waals surface area contributed by atoms with Crippen LogP contribution in [0.15, 0.2) is 36.9 Å². The van der Waals surface area contributed by atoms with Crippen LogP contribution in [0.1, 0.15) is 26.2 Å². The van der Waals surface area contributed by atoms with E-state index in [1.165, 1.54) is 0 Å². The summed E-state index contributed by atoms with van der Waals surface area (Å²) in [4.78, 5) is 10.7. The molecule has 1 aromatic carbocycles. The van der Waals surface area contributed by atoms with Crippen molar-refractivity contribution in [1.82, 2.24) is 0 Å². The van der Waals surface area contributed by atoms with Crippen molar-refractivity contribution in [1.29, 1.82) is 0 Å². The molecule has 1 unspecified atom stereocenters. The van der Waals surface area contributed by atoms with Crippen LogP contribution in [0.3, 0.4) is 0 Å². The van der Waals surface area contributed by atoms with Gasteiger partial charge >= 0.3 is 0 Å². The molecule has 0 bridgehead atoms. The number of anilines is 1. The van der Waals surface area contributed by atoms with E-state index in [-0.39, 0.29) is 12.3 Å². The lowest BCUT2D eigenvalue weighted by atomic mass is 10.1. The number of carbonyl (C=O) groups excluding carboxylic acids is 1. The van der Waals surface area contributed by atoms with Gasteiger partial charge < -0.3 is 15.8 Å². The lowest BCUT2D eigenvalue weighted by molar-refractivity contribution is -0.118. The molecule has 0 aliphatic rings. The van der Waals surface area contributed by atoms with Crippen molar-refractivity contribution in [2.75, 3.05) is 11.9 Å². The molecule has 0 heterocycles. The van der Waals surface area contributed by atoms with E-state index < -0.39 is 0 Å². The maximum Gasteiger partial charge on any atom is 0.220 e. The van der Waals surface area contributed by atoms with Crippen LogP contribution in [0, 0.1) is 0 Å². The molecule has 0 saturated heterocycles. The van der Waals surface area contributed by atoms with E-state index in [2.05, 4.69) is 18.8 Å². The summed E-state index contributed by atoms with van der Waals surface area (Å²) in [5.41, 5.74) is 6.02. The van der Waals surface area contributed by atoms with Crippen molar-refractivity contribution < 1.29 is 9.53 Å². The Balaban J connectivity index is 2.56. The van der Waals surface area contributed by atoms with Crippen molar-refractivity contribution in [3.8, 4) is 5.75 Å². The minimum atomic E-state index is -0.357. The Morgan fingerprint density at radius 3 is 2.95 bits per heavy atom. The van der Waals surface area contributed by atoms with E-state index in [4.69, 9.17) is 10.5 Å². The molecule has 0 saturated carbocycles. The van der Waals surface area contributed by atoms with Gasteiger partial charge in [-0.05, 0) is 31.9 Å². The van der Waals surface area contributed by atoms with Crippen molar-refractivity contribution >= 4 is 11.6 Å². The summed E-state index contributed by atoms with van der Waals surface area (Å²) in [5.74, 6) is 0.388. The molecule has 4 heteroatoms. The second-order valence-corrected chi connectivity index (χ2v) is 4.47. The molecule has 0 aromatic heterocycles. The number of para-hydroxylation sites is 2. The minimum absolute atomic E-state index is 0.223. The van der Waals surface area contributed by atoms with Gasteiger partial charge in [0.15, 0.2) is 0 Å². The number of nitrogens with two attached hydrogens (primary N) is 1. The summed E-state index contributed by atoms with van der Waals surface area (Å²) >= 11 is 0. The Hall–Kier alpha value is -1.97. The van der Waals surface area contributed by atoms with Gasteiger partial charge in [-0.2, -0.15) is 0 Å². The fourth-order valence-electron chi connectivity index (χ4n) is 1.68. The summed E-state index contributed by atoms with van der Waals surface area (Å²) in [5, 5.41) is 3.39. The van der Waals surface area contributed by atoms with Gasteiger partial charge in [-0.25, -0.2) is 0 Å². The number of hydrogen-bond acceptors (Lipinski definition) is 3. The predicted molar refractivity (Wildman–Crippen MR) is 78.3 cm³/mol. The summed E-state index contributed by atoms with van der Waals surface area (Å²) in [6.45, 7) is 6.13. The van der Waals surface area contributed by atoms with Crippen molar-refractivity contribution in [2.45, 2.75) is 32.2 Å². The van der Waals surface area contributed by atoms with Crippen LogP contribution in [0.5, 0.6) is 5.75 Å². The number of benzene rings is 1. The van der Waals surface area contributed by atoms with E-state index in [0.29, 0.717) is 12.6 Å². The first kappa shape index (κ1) is 15.1. The average Bonchev–Trinajstić information content (AvgIpc) is 2.38. The maximum atomic E-state index is 10.7. The van der Waals surface area contributed by atoms with E-state index in [1.54, 1.807) is 0 Å². The van der Waals surface area contributed by atoms with E-state index in [1.807, 2.05) is 30.3 Å². The molecule has 0 radical (unpaired) electrons. The van der Waals surface area contributed by atoms with Crippen LogP contribution < -0.4 is 15.8 Å². The molecular formula is C15H22N2O2. The van der Waals surface area contributed by atoms with E-state index in [9.17, 15) is 4.79 Å². The van der Waals surface area contributed by atoms with Gasteiger partial charge in [-0.1, -0.05) is 18.2 Å². The zero-order valence-corrected chi connectivity index (χ0v) is 11.4. The first-order valence-electron chi connectivity index (χ1n) is 6.51. The molecule has 104 valence electrons. The number of carbonyl (C=O) groups is 1. The number of amides is 1. The molecular weight excluding hydrogens is 240 g/mol. The van der Waals surface area contributed by atoms with Crippen LogP contribution in [0.25, 0.3) is 0 Å². The highest BCUT2D eigenvalue weighted by Gasteiger charge is 2.06. The number of allylic oxidation sites excluding steroid dienone is 1. The highest BCUT2D eigenvalue weighted by atomic mass is 16.5. The Bertz CT molecular complexity index is 418. The molecule has 3 N–H and O–H groups in total. The average molecular weight is 262 g/mol. The molecule has 19 heavy (non-hydrogen) atoms. The largest absolute Gasteiger partial charge is 0.491 e. The van der Waals surface area contributed by atoms with Crippen molar-refractivity contribution in [3.63, 3.8) is 0 Å². The van der Waals surface area contributed by atoms with Crippen LogP contribution in [-0.4, -0.2) is 18.6 Å². The zero-order valence-electron chi connectivity index (χ0n) is 11.4. The second-order valence-electron chi connectivity index (χ2n) is 4.47. The summed E-state index contributed by atoms with van der Waals surface area (Å²) in [6.07, 6.45) is 4.12. The van der Waals surface area contributed by atoms with Crippen molar-refractivity contribution in [2.24, 2.45) is 5.73 Å². The van der Waals surface area contributed by atoms with Gasteiger partial charge in [0.1, 0.15) is 5.75 Å². The molecule has 1 atom stereocenters. The van der Waals surface area contributed by atoms with Gasteiger partial charge in [0.25, 0.3) is 0 Å². The fraction of sp³-hybridized carbons (Fsp3) is 0.400. The number of primary amides is 1. The molecule has 1 aromatic rings. The summed E-state index contributed by atoms with van der Waals surface area (Å²) in [7, 11) is 0. The highest BCUT2D eigenvalue weighted by molar-refractivity contribution is 5.73. The summed E-state index contributed by atoms with van der Waals surface area (Å²) in [6, 6.07) is 8.02. The van der Waals surface area contributed by atoms with Gasteiger partial charge in [-0.15, -0.1) is 6.58 Å². The molecule has 1 amide bonds. The molecule has 0 fully saturated rings. The van der Waals surface area contributed by atoms with Crippen LogP contribution in [-0.2, 0) is 4.79 Å². The SMILES string of the molecule is C=CCCC(C)Nc1ccccc1OCCC(N)=O. The third-order valence-corrected chi connectivity index (χ3v) is 2.70. The number of hydrogen-bond donors (Lipinski definition) is 2. The molecule has 1 rings (SSSR count). The number of nitrogens with one attached hydrogen (secondary N) is 1. The molecule has 0 aliphatic heterocycles. The van der Waals surface area contributed by atoms with E-state index >= 15 is 0 Å². The first-order valence-corrected chi connectivity index (χ1v) is 6.51. The van der Waals surface area contributed by atoms with E-state index in [0.717, 1.165) is 24.3 Å². The smallest absolute Gasteiger partial charge is 0.220 e. The Labute approximate surface area is 114 Å². The lowest BCUT2D eigenvalue weighted by Gasteiger charge is -2.17. The number of ether oxygens (including phenoxy) is 1. The van der Waals surface area contributed by atoms with Crippen LogP contribution in [0.2, 0.25) is 0 Å². The van der Waals surface area contributed by atoms with Gasteiger partial charge in [0.2, 0.25) is 5.91 Å². The van der Waals surface area contributed by atoms with Crippen LogP contribution in [0.4, 0.5) is 5.69 Å². The maximum absolute atomic E-state index is 10.7. The molecule has 4 nitrogen and oxygen atoms in total. The normalized spacial score (nSPS) is 11.6. The minimum Gasteiger partial charge on any atom is -0.491 e. The number of rotatable bonds is 9. The molecule has 0 spiro atoms. The summed E-state index contributed by atoms with van der Waals surface area (Å²) < 4.78 is 5.57. The van der Waals surface area contributed by atoms with Gasteiger partial charge in [0, 0.05) is 6.04 Å².